The van der Waals surface area contributed by atoms with Crippen molar-refractivity contribution in [3.63, 3.8) is 0 Å². The van der Waals surface area contributed by atoms with Crippen LogP contribution in [0, 0.1) is 5.82 Å². The van der Waals surface area contributed by atoms with E-state index in [1.807, 2.05) is 0 Å². The maximum Gasteiger partial charge on any atom is 0.264 e. The van der Waals surface area contributed by atoms with Crippen molar-refractivity contribution < 1.29 is 9.18 Å². The van der Waals surface area contributed by atoms with Gasteiger partial charge in [0.25, 0.3) is 11.5 Å². The van der Waals surface area contributed by atoms with E-state index < -0.39 is 17.8 Å². The second kappa shape index (κ2) is 8.27. The van der Waals surface area contributed by atoms with Crippen LogP contribution >= 0.6 is 11.6 Å². The van der Waals surface area contributed by atoms with Gasteiger partial charge in [0.1, 0.15) is 11.4 Å². The SMILES string of the molecule is CC(NC(=O)c1c(N)nn2cccnc12)c1cc2cccc(Cl)c2c(=O)n1-c1ccc(F)cc1. The zero-order valence-corrected chi connectivity index (χ0v) is 18.6. The third-order valence-corrected chi connectivity index (χ3v) is 5.86. The number of benzene rings is 2. The number of nitrogens with zero attached hydrogens (tertiary/aromatic N) is 4. The number of fused-ring (bicyclic) bond motifs is 2. The number of nitrogen functional groups attached to an aromatic ring is 1. The molecular formula is C24H18ClFN6O2. The molecular weight excluding hydrogens is 459 g/mol. The van der Waals surface area contributed by atoms with Crippen LogP contribution in [-0.2, 0) is 0 Å². The van der Waals surface area contributed by atoms with E-state index >= 15 is 0 Å². The van der Waals surface area contributed by atoms with E-state index in [0.29, 0.717) is 32.8 Å². The summed E-state index contributed by atoms with van der Waals surface area (Å²) < 4.78 is 16.4. The molecule has 1 amide bonds. The first-order valence-corrected chi connectivity index (χ1v) is 10.7. The largest absolute Gasteiger partial charge is 0.381 e. The number of hydrogen-bond donors (Lipinski definition) is 2. The molecule has 5 rings (SSSR count). The molecule has 1 atom stereocenters. The molecule has 34 heavy (non-hydrogen) atoms. The van der Waals surface area contributed by atoms with Crippen LogP contribution in [0.3, 0.4) is 0 Å². The lowest BCUT2D eigenvalue weighted by molar-refractivity contribution is 0.0941. The number of nitrogens with one attached hydrogen (secondary N) is 1. The first kappa shape index (κ1) is 21.6. The van der Waals surface area contributed by atoms with E-state index in [0.717, 1.165) is 0 Å². The number of nitrogens with two attached hydrogens (primary N) is 1. The van der Waals surface area contributed by atoms with Gasteiger partial charge in [-0.3, -0.25) is 14.2 Å². The Kier molecular flexibility index (Phi) is 5.25. The summed E-state index contributed by atoms with van der Waals surface area (Å²) in [5.74, 6) is -0.901. The van der Waals surface area contributed by atoms with Gasteiger partial charge in [-0.05, 0) is 54.8 Å². The quantitative estimate of drug-likeness (QED) is 0.409. The van der Waals surface area contributed by atoms with Crippen molar-refractivity contribution in [3.8, 4) is 5.69 Å². The molecule has 10 heteroatoms. The highest BCUT2D eigenvalue weighted by molar-refractivity contribution is 6.35. The van der Waals surface area contributed by atoms with Gasteiger partial charge in [0, 0.05) is 23.8 Å². The average Bonchev–Trinajstić information content (AvgIpc) is 3.15. The summed E-state index contributed by atoms with van der Waals surface area (Å²) in [6.07, 6.45) is 3.17. The highest BCUT2D eigenvalue weighted by Crippen LogP contribution is 2.26. The minimum absolute atomic E-state index is 0.0321. The van der Waals surface area contributed by atoms with Gasteiger partial charge in [-0.1, -0.05) is 23.7 Å². The number of pyridine rings is 1. The smallest absolute Gasteiger partial charge is 0.264 e. The summed E-state index contributed by atoms with van der Waals surface area (Å²) in [7, 11) is 0. The lowest BCUT2D eigenvalue weighted by Crippen LogP contribution is -2.32. The van der Waals surface area contributed by atoms with Crippen molar-refractivity contribution in [2.75, 3.05) is 5.73 Å². The minimum atomic E-state index is -0.647. The molecule has 1 unspecified atom stereocenters. The van der Waals surface area contributed by atoms with Crippen LogP contribution in [0.25, 0.3) is 22.1 Å². The second-order valence-corrected chi connectivity index (χ2v) is 8.14. The number of anilines is 1. The van der Waals surface area contributed by atoms with E-state index in [-0.39, 0.29) is 16.9 Å². The van der Waals surface area contributed by atoms with Crippen molar-refractivity contribution in [2.24, 2.45) is 0 Å². The van der Waals surface area contributed by atoms with Gasteiger partial charge >= 0.3 is 0 Å². The highest BCUT2D eigenvalue weighted by Gasteiger charge is 2.23. The molecule has 0 spiro atoms. The molecule has 2 aromatic carbocycles. The van der Waals surface area contributed by atoms with Crippen LogP contribution in [0.2, 0.25) is 5.02 Å². The number of amides is 1. The summed E-state index contributed by atoms with van der Waals surface area (Å²) in [5, 5.41) is 8.24. The zero-order valence-electron chi connectivity index (χ0n) is 17.9. The number of aromatic nitrogens is 4. The Labute approximate surface area is 197 Å². The molecule has 0 aliphatic carbocycles. The number of carbonyl (C=O) groups excluding carboxylic acids is 1. The maximum absolute atomic E-state index is 13.6. The molecule has 0 bridgehead atoms. The zero-order chi connectivity index (χ0) is 24.0. The fourth-order valence-electron chi connectivity index (χ4n) is 3.98. The van der Waals surface area contributed by atoms with Crippen molar-refractivity contribution >= 4 is 39.7 Å². The van der Waals surface area contributed by atoms with E-state index in [1.165, 1.54) is 39.5 Å². The number of hydrogen-bond acceptors (Lipinski definition) is 5. The Bertz CT molecular complexity index is 1630. The Morgan fingerprint density at radius 2 is 1.94 bits per heavy atom. The van der Waals surface area contributed by atoms with Gasteiger partial charge in [-0.25, -0.2) is 13.9 Å². The lowest BCUT2D eigenvalue weighted by atomic mass is 10.1. The van der Waals surface area contributed by atoms with E-state index in [2.05, 4.69) is 15.4 Å². The molecule has 0 saturated heterocycles. The van der Waals surface area contributed by atoms with Crippen molar-refractivity contribution in [3.05, 3.63) is 99.4 Å². The van der Waals surface area contributed by atoms with Crippen LogP contribution in [0.4, 0.5) is 10.2 Å². The topological polar surface area (TPSA) is 107 Å². The second-order valence-electron chi connectivity index (χ2n) is 7.73. The van der Waals surface area contributed by atoms with E-state index in [1.54, 1.807) is 43.5 Å². The van der Waals surface area contributed by atoms with Gasteiger partial charge < -0.3 is 11.1 Å². The minimum Gasteiger partial charge on any atom is -0.381 e. The number of carbonyl (C=O) groups is 1. The molecule has 5 aromatic rings. The highest BCUT2D eigenvalue weighted by atomic mass is 35.5. The summed E-state index contributed by atoms with van der Waals surface area (Å²) in [6, 6.07) is 13.4. The molecule has 170 valence electrons. The van der Waals surface area contributed by atoms with Crippen molar-refractivity contribution in [1.29, 1.82) is 0 Å². The molecule has 0 aliphatic rings. The molecule has 0 radical (unpaired) electrons. The number of rotatable bonds is 4. The third kappa shape index (κ3) is 3.56. The van der Waals surface area contributed by atoms with Crippen LogP contribution in [0.5, 0.6) is 0 Å². The van der Waals surface area contributed by atoms with Gasteiger partial charge in [0.05, 0.1) is 16.5 Å². The summed E-state index contributed by atoms with van der Waals surface area (Å²) in [4.78, 5) is 30.9. The Hall–Kier alpha value is -4.24. The number of halogens is 2. The predicted octanol–water partition coefficient (Wildman–Crippen LogP) is 3.90. The van der Waals surface area contributed by atoms with Gasteiger partial charge in [-0.2, -0.15) is 0 Å². The predicted molar refractivity (Wildman–Crippen MR) is 128 cm³/mol. The first-order chi connectivity index (χ1) is 16.3. The Morgan fingerprint density at radius 1 is 1.18 bits per heavy atom. The third-order valence-electron chi connectivity index (χ3n) is 5.55. The van der Waals surface area contributed by atoms with Crippen LogP contribution in [0.15, 0.2) is 71.8 Å². The summed E-state index contributed by atoms with van der Waals surface area (Å²) in [6.45, 7) is 1.73. The standard InChI is InChI=1S/C24H18ClFN6O2/c1-13(29-23(33)20-21(27)30-31-11-3-10-28-22(20)31)18-12-14-4-2-5-17(25)19(14)24(34)32(18)16-8-6-15(26)7-9-16/h2-13H,1H3,(H2,27,30)(H,29,33). The summed E-state index contributed by atoms with van der Waals surface area (Å²) >= 11 is 6.33. The van der Waals surface area contributed by atoms with Crippen LogP contribution in [0.1, 0.15) is 29.0 Å². The molecule has 0 saturated carbocycles. The van der Waals surface area contributed by atoms with E-state index in [4.69, 9.17) is 17.3 Å². The normalized spacial score (nSPS) is 12.2. The monoisotopic (exact) mass is 476 g/mol. The van der Waals surface area contributed by atoms with Crippen LogP contribution < -0.4 is 16.6 Å². The Morgan fingerprint density at radius 3 is 2.71 bits per heavy atom. The lowest BCUT2D eigenvalue weighted by Gasteiger charge is -2.21. The Balaban J connectivity index is 1.64. The summed E-state index contributed by atoms with van der Waals surface area (Å²) in [5.41, 5.74) is 6.94. The fraction of sp³-hybridized carbons (Fsp3) is 0.0833. The molecule has 3 N–H and O–H groups in total. The van der Waals surface area contributed by atoms with Crippen molar-refractivity contribution in [1.82, 2.24) is 24.5 Å². The van der Waals surface area contributed by atoms with Crippen LogP contribution in [-0.4, -0.2) is 25.1 Å². The fourth-order valence-corrected chi connectivity index (χ4v) is 4.24. The molecule has 0 aliphatic heterocycles. The van der Waals surface area contributed by atoms with Crippen molar-refractivity contribution in [2.45, 2.75) is 13.0 Å². The maximum atomic E-state index is 13.6. The van der Waals surface area contributed by atoms with Gasteiger partial charge in [0.2, 0.25) is 0 Å². The van der Waals surface area contributed by atoms with Gasteiger partial charge in [0.15, 0.2) is 11.5 Å². The average molecular weight is 477 g/mol. The molecule has 0 fully saturated rings. The molecule has 3 heterocycles. The molecule has 3 aromatic heterocycles. The van der Waals surface area contributed by atoms with Gasteiger partial charge in [-0.15, -0.1) is 5.10 Å². The van der Waals surface area contributed by atoms with E-state index in [9.17, 15) is 14.0 Å². The first-order valence-electron chi connectivity index (χ1n) is 10.3. The molecule has 8 nitrogen and oxygen atoms in total.